The maximum Gasteiger partial charge on any atom is 0.394 e. The molecule has 0 rings (SSSR count). The van der Waals surface area contributed by atoms with Crippen LogP contribution in [0.3, 0.4) is 0 Å². The van der Waals surface area contributed by atoms with E-state index in [9.17, 15) is 18.0 Å². The summed E-state index contributed by atoms with van der Waals surface area (Å²) >= 11 is 0. The van der Waals surface area contributed by atoms with Crippen molar-refractivity contribution in [1.82, 2.24) is 5.48 Å². The van der Waals surface area contributed by atoms with Crippen molar-refractivity contribution in [2.24, 2.45) is 5.41 Å². The molecule has 2 N–H and O–H groups in total. The lowest BCUT2D eigenvalue weighted by Gasteiger charge is -2.26. The zero-order valence-corrected chi connectivity index (χ0v) is 6.70. The van der Waals surface area contributed by atoms with Gasteiger partial charge in [-0.3, -0.25) is 10.0 Å². The van der Waals surface area contributed by atoms with Gasteiger partial charge in [-0.2, -0.15) is 13.2 Å². The van der Waals surface area contributed by atoms with Crippen molar-refractivity contribution < 1.29 is 23.2 Å². The third-order valence-corrected chi connectivity index (χ3v) is 1.49. The van der Waals surface area contributed by atoms with Crippen LogP contribution in [0.4, 0.5) is 13.2 Å². The zero-order valence-electron chi connectivity index (χ0n) is 6.70. The molecule has 0 aliphatic rings. The highest BCUT2D eigenvalue weighted by atomic mass is 19.4. The Morgan fingerprint density at radius 1 is 1.42 bits per heavy atom. The number of hydrogen-bond acceptors (Lipinski definition) is 2. The van der Waals surface area contributed by atoms with Gasteiger partial charge in [0.15, 0.2) is 0 Å². The topological polar surface area (TPSA) is 49.3 Å². The van der Waals surface area contributed by atoms with Gasteiger partial charge in [0.2, 0.25) is 5.91 Å². The maximum atomic E-state index is 12.1. The molecule has 0 heterocycles. The van der Waals surface area contributed by atoms with Crippen LogP contribution in [0.5, 0.6) is 0 Å². The van der Waals surface area contributed by atoms with Crippen LogP contribution >= 0.6 is 0 Å². The largest absolute Gasteiger partial charge is 0.394 e. The molecule has 0 aromatic carbocycles. The molecule has 0 saturated heterocycles. The number of rotatable bonds is 2. The number of carbonyl (C=O) groups is 1. The molecule has 0 aliphatic heterocycles. The number of carbonyl (C=O) groups excluding carboxylic acids is 1. The van der Waals surface area contributed by atoms with Gasteiger partial charge in [0.25, 0.3) is 0 Å². The summed E-state index contributed by atoms with van der Waals surface area (Å²) in [5.41, 5.74) is -0.957. The molecule has 3 nitrogen and oxygen atoms in total. The molecule has 0 bridgehead atoms. The third kappa shape index (κ3) is 2.69. The molecule has 0 aliphatic carbocycles. The van der Waals surface area contributed by atoms with E-state index in [1.807, 2.05) is 0 Å². The van der Waals surface area contributed by atoms with E-state index in [2.05, 4.69) is 0 Å². The number of amides is 1. The number of hydroxylamine groups is 1. The van der Waals surface area contributed by atoms with Gasteiger partial charge in [0.1, 0.15) is 0 Å². The molecule has 6 heteroatoms. The molecular formula is C6H10F3NO2. The molecule has 0 spiro atoms. The van der Waals surface area contributed by atoms with Crippen LogP contribution < -0.4 is 5.48 Å². The van der Waals surface area contributed by atoms with Gasteiger partial charge in [-0.1, -0.05) is 13.8 Å². The van der Waals surface area contributed by atoms with Crippen LogP contribution in [0.25, 0.3) is 0 Å². The Bertz CT molecular complexity index is 176. The van der Waals surface area contributed by atoms with Gasteiger partial charge in [-0.15, -0.1) is 0 Å². The van der Waals surface area contributed by atoms with Crippen molar-refractivity contribution in [3.8, 4) is 0 Å². The molecule has 72 valence electrons. The van der Waals surface area contributed by atoms with Crippen LogP contribution in [0.1, 0.15) is 20.3 Å². The van der Waals surface area contributed by atoms with Crippen molar-refractivity contribution in [2.75, 3.05) is 0 Å². The van der Waals surface area contributed by atoms with Crippen molar-refractivity contribution >= 4 is 5.91 Å². The summed E-state index contributed by atoms with van der Waals surface area (Å²) in [5.74, 6) is -1.04. The minimum absolute atomic E-state index is 0.785. The lowest BCUT2D eigenvalue weighted by Crippen LogP contribution is -2.37. The second-order valence-electron chi connectivity index (χ2n) is 3.09. The molecule has 0 aromatic rings. The van der Waals surface area contributed by atoms with E-state index >= 15 is 0 Å². The Hall–Kier alpha value is -0.780. The van der Waals surface area contributed by atoms with Crippen LogP contribution in [-0.2, 0) is 4.79 Å². The summed E-state index contributed by atoms with van der Waals surface area (Å²) in [4.78, 5) is 10.4. The van der Waals surface area contributed by atoms with E-state index in [4.69, 9.17) is 5.21 Å². The van der Waals surface area contributed by atoms with Gasteiger partial charge in [0.05, 0.1) is 5.41 Å². The van der Waals surface area contributed by atoms with Crippen molar-refractivity contribution in [1.29, 1.82) is 0 Å². The highest BCUT2D eigenvalue weighted by molar-refractivity contribution is 5.75. The molecule has 0 saturated carbocycles. The van der Waals surface area contributed by atoms with Crippen LogP contribution in [-0.4, -0.2) is 17.3 Å². The molecule has 1 amide bonds. The fraction of sp³-hybridized carbons (Fsp3) is 0.833. The Balaban J connectivity index is 4.33. The first-order valence-corrected chi connectivity index (χ1v) is 3.20. The maximum absolute atomic E-state index is 12.1. The first kappa shape index (κ1) is 11.2. The summed E-state index contributed by atoms with van der Waals surface area (Å²) < 4.78 is 36.2. The van der Waals surface area contributed by atoms with Gasteiger partial charge < -0.3 is 0 Å². The summed E-state index contributed by atoms with van der Waals surface area (Å²) in [6, 6.07) is 0. The summed E-state index contributed by atoms with van der Waals surface area (Å²) in [6.07, 6.45) is -5.23. The van der Waals surface area contributed by atoms with Crippen molar-refractivity contribution in [3.05, 3.63) is 0 Å². The molecular weight excluding hydrogens is 175 g/mol. The quantitative estimate of drug-likeness (QED) is 0.505. The van der Waals surface area contributed by atoms with Crippen LogP contribution in [0.15, 0.2) is 0 Å². The lowest BCUT2D eigenvalue weighted by atomic mass is 9.88. The SMILES string of the molecule is CC(C)(CC(=O)NO)C(F)(F)F. The first-order valence-electron chi connectivity index (χ1n) is 3.20. The van der Waals surface area contributed by atoms with E-state index in [0.717, 1.165) is 19.3 Å². The summed E-state index contributed by atoms with van der Waals surface area (Å²) in [6.45, 7) is 1.78. The summed E-state index contributed by atoms with van der Waals surface area (Å²) in [5, 5.41) is 8.00. The predicted molar refractivity (Wildman–Crippen MR) is 34.4 cm³/mol. The average molecular weight is 185 g/mol. The third-order valence-electron chi connectivity index (χ3n) is 1.49. The monoisotopic (exact) mass is 185 g/mol. The average Bonchev–Trinajstić information content (AvgIpc) is 1.84. The van der Waals surface area contributed by atoms with Crippen LogP contribution in [0, 0.1) is 5.41 Å². The molecule has 0 aromatic heterocycles. The van der Waals surface area contributed by atoms with Gasteiger partial charge in [0, 0.05) is 6.42 Å². The lowest BCUT2D eigenvalue weighted by molar-refractivity contribution is -0.214. The Kier molecular flexibility index (Phi) is 3.09. The molecule has 0 fully saturated rings. The molecule has 12 heavy (non-hydrogen) atoms. The zero-order chi connectivity index (χ0) is 9.99. The van der Waals surface area contributed by atoms with E-state index < -0.39 is 23.9 Å². The van der Waals surface area contributed by atoms with Gasteiger partial charge in [-0.25, -0.2) is 5.48 Å². The minimum atomic E-state index is -4.44. The van der Waals surface area contributed by atoms with Crippen molar-refractivity contribution in [2.45, 2.75) is 26.4 Å². The normalized spacial score (nSPS) is 12.8. The predicted octanol–water partition coefficient (Wildman–Crippen LogP) is 1.47. The van der Waals surface area contributed by atoms with Gasteiger partial charge >= 0.3 is 6.18 Å². The Morgan fingerprint density at radius 2 is 1.83 bits per heavy atom. The number of halogens is 3. The van der Waals surface area contributed by atoms with E-state index in [0.29, 0.717) is 0 Å². The highest BCUT2D eigenvalue weighted by Crippen LogP contribution is 2.39. The van der Waals surface area contributed by atoms with E-state index in [-0.39, 0.29) is 0 Å². The minimum Gasteiger partial charge on any atom is -0.289 e. The second-order valence-corrected chi connectivity index (χ2v) is 3.09. The fourth-order valence-electron chi connectivity index (χ4n) is 0.541. The smallest absolute Gasteiger partial charge is 0.289 e. The standard InChI is InChI=1S/C6H10F3NO2/c1-5(2,6(7,8)9)3-4(11)10-12/h12H,3H2,1-2H3,(H,10,11). The fourth-order valence-corrected chi connectivity index (χ4v) is 0.541. The van der Waals surface area contributed by atoms with E-state index in [1.54, 1.807) is 0 Å². The van der Waals surface area contributed by atoms with Gasteiger partial charge in [-0.05, 0) is 0 Å². The Morgan fingerprint density at radius 3 is 2.08 bits per heavy atom. The first-order chi connectivity index (χ1) is 5.20. The highest BCUT2D eigenvalue weighted by Gasteiger charge is 2.48. The second kappa shape index (κ2) is 3.30. The van der Waals surface area contributed by atoms with E-state index in [1.165, 1.54) is 0 Å². The molecule has 0 radical (unpaired) electrons. The number of alkyl halides is 3. The summed E-state index contributed by atoms with van der Waals surface area (Å²) in [7, 11) is 0. The number of nitrogens with one attached hydrogen (secondary N) is 1. The van der Waals surface area contributed by atoms with Crippen molar-refractivity contribution in [3.63, 3.8) is 0 Å². The molecule has 0 unspecified atom stereocenters. The number of hydrogen-bond donors (Lipinski definition) is 2. The Labute approximate surface area is 67.5 Å². The van der Waals surface area contributed by atoms with Crippen LogP contribution in [0.2, 0.25) is 0 Å². The molecule has 0 atom stereocenters.